The van der Waals surface area contributed by atoms with Crippen LogP contribution in [0.15, 0.2) is 127 Å². The second-order valence-electron chi connectivity index (χ2n) is 10.9. The van der Waals surface area contributed by atoms with E-state index in [0.29, 0.717) is 34.6 Å². The molecule has 7 rings (SSSR count). The van der Waals surface area contributed by atoms with Gasteiger partial charge in [-0.2, -0.15) is 35.1 Å². The topological polar surface area (TPSA) is 4.93 Å². The Kier molecular flexibility index (Phi) is 6.27. The lowest BCUT2D eigenvalue weighted by atomic mass is 9.87. The average molecular weight is 620 g/mol. The molecule has 0 amide bonds. The molecule has 0 aliphatic heterocycles. The van der Waals surface area contributed by atoms with E-state index in [0.717, 1.165) is 29.0 Å². The van der Waals surface area contributed by atoms with Gasteiger partial charge in [0.25, 0.3) is 0 Å². The number of aromatic nitrogens is 1. The van der Waals surface area contributed by atoms with Crippen LogP contribution in [0.3, 0.4) is 0 Å². The van der Waals surface area contributed by atoms with Crippen molar-refractivity contribution in [3.63, 3.8) is 0 Å². The first-order valence-electron chi connectivity index (χ1n) is 13.9. The maximum Gasteiger partial charge on any atom is 0.382 e. The fraction of sp³-hybridized carbons (Fsp3) is 0.111. The molecule has 226 valence electrons. The average Bonchev–Trinajstić information content (AvgIpc) is 3.38. The Morgan fingerprint density at radius 2 is 0.844 bits per heavy atom. The monoisotopic (exact) mass is 619 g/mol. The van der Waals surface area contributed by atoms with Crippen LogP contribution in [0.1, 0.15) is 11.1 Å². The lowest BCUT2D eigenvalue weighted by Gasteiger charge is -2.37. The van der Waals surface area contributed by atoms with Gasteiger partial charge >= 0.3 is 23.7 Å². The molecule has 0 atom stereocenters. The van der Waals surface area contributed by atoms with Crippen LogP contribution < -0.4 is 0 Å². The number of benzene rings is 6. The van der Waals surface area contributed by atoms with Crippen LogP contribution in [0.4, 0.5) is 35.1 Å². The molecule has 0 spiro atoms. The van der Waals surface area contributed by atoms with Gasteiger partial charge in [-0.1, -0.05) is 97.1 Å². The first kappa shape index (κ1) is 28.8. The van der Waals surface area contributed by atoms with Crippen molar-refractivity contribution in [1.82, 2.24) is 4.57 Å². The second kappa shape index (κ2) is 9.79. The van der Waals surface area contributed by atoms with Crippen LogP contribution in [0.2, 0.25) is 0 Å². The van der Waals surface area contributed by atoms with Crippen LogP contribution in [0, 0.1) is 0 Å². The van der Waals surface area contributed by atoms with E-state index in [1.807, 2.05) is 24.3 Å². The van der Waals surface area contributed by atoms with Crippen LogP contribution in [-0.4, -0.2) is 16.4 Å². The Bertz CT molecular complexity index is 2180. The Labute approximate surface area is 250 Å². The quantitative estimate of drug-likeness (QED) is 0.129. The van der Waals surface area contributed by atoms with E-state index in [1.54, 1.807) is 41.0 Å². The molecule has 0 aliphatic rings. The molecule has 0 N–H and O–H groups in total. The fourth-order valence-corrected chi connectivity index (χ4v) is 6.08. The first-order chi connectivity index (χ1) is 21.4. The molecule has 0 radical (unpaired) electrons. The lowest BCUT2D eigenvalue weighted by Crippen LogP contribution is -2.59. The van der Waals surface area contributed by atoms with Gasteiger partial charge in [0.1, 0.15) is 0 Å². The highest BCUT2D eigenvalue weighted by molar-refractivity contribution is 6.10. The summed E-state index contributed by atoms with van der Waals surface area (Å²) >= 11 is 0. The Morgan fingerprint density at radius 1 is 0.400 bits per heavy atom. The zero-order chi connectivity index (χ0) is 31.8. The van der Waals surface area contributed by atoms with E-state index < -0.39 is 40.2 Å². The van der Waals surface area contributed by atoms with Gasteiger partial charge in [0.05, 0.1) is 11.0 Å². The zero-order valence-electron chi connectivity index (χ0n) is 23.1. The number of para-hydroxylation sites is 2. The van der Waals surface area contributed by atoms with E-state index in [1.165, 1.54) is 30.3 Å². The molecule has 9 heteroatoms. The Morgan fingerprint density at radius 3 is 1.42 bits per heavy atom. The van der Waals surface area contributed by atoms with Gasteiger partial charge in [0.2, 0.25) is 0 Å². The molecule has 0 fully saturated rings. The largest absolute Gasteiger partial charge is 0.382 e. The number of hydrogen-bond acceptors (Lipinski definition) is 0. The molecule has 6 aromatic carbocycles. The summed E-state index contributed by atoms with van der Waals surface area (Å²) in [5.41, 5.74) is -1.33. The summed E-state index contributed by atoms with van der Waals surface area (Å²) in [7, 11) is 0. The summed E-state index contributed by atoms with van der Waals surface area (Å²) in [6.45, 7) is 0. The smallest absolute Gasteiger partial charge is 0.309 e. The standard InChI is InChI=1S/C36H21F8N/c37-33(38,23-17-19-24(20-18-23)45-31-15-7-5-13-28(31)29-14-6-8-16-32(29)45)35(41,42)36(43,44)34(39,40)30-21-22-9-1-2-10-25(22)26-11-3-4-12-27(26)30/h1-21H. The predicted molar refractivity (Wildman–Crippen MR) is 160 cm³/mol. The van der Waals surface area contributed by atoms with Crippen molar-refractivity contribution in [2.75, 3.05) is 0 Å². The van der Waals surface area contributed by atoms with E-state index in [-0.39, 0.29) is 16.5 Å². The first-order valence-corrected chi connectivity index (χ1v) is 13.9. The highest BCUT2D eigenvalue weighted by atomic mass is 19.4. The number of halogens is 8. The molecule has 1 aromatic heterocycles. The maximum atomic E-state index is 15.7. The summed E-state index contributed by atoms with van der Waals surface area (Å²) < 4.78 is 126. The predicted octanol–water partition coefficient (Wildman–Crippen LogP) is 11.2. The maximum absolute atomic E-state index is 15.7. The van der Waals surface area contributed by atoms with Crippen LogP contribution >= 0.6 is 0 Å². The number of hydrogen-bond donors (Lipinski definition) is 0. The SMILES string of the molecule is FC(F)(c1ccc(-n2c3ccccc3c3ccccc32)cc1)C(F)(F)C(F)(F)C(F)(F)c1cc2ccccc2c2ccccc12. The van der Waals surface area contributed by atoms with Gasteiger partial charge in [-0.3, -0.25) is 0 Å². The van der Waals surface area contributed by atoms with Crippen LogP contribution in [0.25, 0.3) is 49.0 Å². The van der Waals surface area contributed by atoms with Crippen molar-refractivity contribution in [3.05, 3.63) is 139 Å². The Hall–Kier alpha value is -4.92. The molecular weight excluding hydrogens is 598 g/mol. The van der Waals surface area contributed by atoms with Crippen LogP contribution in [-0.2, 0) is 11.8 Å². The summed E-state index contributed by atoms with van der Waals surface area (Å²) in [4.78, 5) is 0. The summed E-state index contributed by atoms with van der Waals surface area (Å²) in [6, 6.07) is 29.6. The zero-order valence-corrected chi connectivity index (χ0v) is 23.1. The minimum absolute atomic E-state index is 0.0670. The van der Waals surface area contributed by atoms with E-state index in [4.69, 9.17) is 0 Å². The van der Waals surface area contributed by atoms with Crippen molar-refractivity contribution >= 4 is 43.4 Å². The van der Waals surface area contributed by atoms with Crippen LogP contribution in [0.5, 0.6) is 0 Å². The van der Waals surface area contributed by atoms with Gasteiger partial charge in [0, 0.05) is 27.6 Å². The molecule has 0 unspecified atom stereocenters. The number of alkyl halides is 8. The van der Waals surface area contributed by atoms with Crippen molar-refractivity contribution in [2.24, 2.45) is 0 Å². The van der Waals surface area contributed by atoms with E-state index in [9.17, 15) is 0 Å². The lowest BCUT2D eigenvalue weighted by molar-refractivity contribution is -0.374. The van der Waals surface area contributed by atoms with Gasteiger partial charge in [0.15, 0.2) is 0 Å². The van der Waals surface area contributed by atoms with Crippen molar-refractivity contribution < 1.29 is 35.1 Å². The minimum Gasteiger partial charge on any atom is -0.309 e. The molecule has 1 nitrogen and oxygen atoms in total. The third-order valence-corrected chi connectivity index (χ3v) is 8.36. The fourth-order valence-electron chi connectivity index (χ4n) is 6.08. The van der Waals surface area contributed by atoms with Gasteiger partial charge < -0.3 is 4.57 Å². The third kappa shape index (κ3) is 3.99. The number of rotatable bonds is 6. The van der Waals surface area contributed by atoms with Gasteiger partial charge in [-0.05, 0) is 51.9 Å². The van der Waals surface area contributed by atoms with Gasteiger partial charge in [-0.15, -0.1) is 0 Å². The molecule has 0 bridgehead atoms. The molecule has 0 saturated carbocycles. The van der Waals surface area contributed by atoms with Gasteiger partial charge in [-0.25, -0.2) is 0 Å². The Balaban J connectivity index is 1.31. The van der Waals surface area contributed by atoms with Crippen molar-refractivity contribution in [2.45, 2.75) is 23.7 Å². The summed E-state index contributed by atoms with van der Waals surface area (Å²) in [5.74, 6) is -24.4. The number of fused-ring (bicyclic) bond motifs is 6. The third-order valence-electron chi connectivity index (χ3n) is 8.36. The van der Waals surface area contributed by atoms with E-state index in [2.05, 4.69) is 0 Å². The highest BCUT2D eigenvalue weighted by Gasteiger charge is 2.81. The highest BCUT2D eigenvalue weighted by Crippen LogP contribution is 2.60. The van der Waals surface area contributed by atoms with Crippen molar-refractivity contribution in [1.29, 1.82) is 0 Å². The number of nitrogens with zero attached hydrogens (tertiary/aromatic N) is 1. The summed E-state index contributed by atoms with van der Waals surface area (Å²) in [5, 5.41) is 1.82. The molecule has 1 heterocycles. The van der Waals surface area contributed by atoms with Crippen molar-refractivity contribution in [3.8, 4) is 5.69 Å². The molecule has 0 aliphatic carbocycles. The molecule has 0 saturated heterocycles. The summed E-state index contributed by atoms with van der Waals surface area (Å²) in [6.07, 6.45) is 0. The normalized spacial score (nSPS) is 13.3. The minimum atomic E-state index is -6.50. The molecule has 7 aromatic rings. The molecular formula is C36H21F8N. The molecule has 45 heavy (non-hydrogen) atoms. The van der Waals surface area contributed by atoms with E-state index >= 15 is 35.1 Å². The second-order valence-corrected chi connectivity index (χ2v) is 10.9.